The van der Waals surface area contributed by atoms with Crippen molar-refractivity contribution in [2.24, 2.45) is 0 Å². The zero-order chi connectivity index (χ0) is 27.8. The van der Waals surface area contributed by atoms with Gasteiger partial charge in [-0.15, -0.1) is 0 Å². The van der Waals surface area contributed by atoms with Crippen LogP contribution in [0.1, 0.15) is 55.5 Å². The van der Waals surface area contributed by atoms with Crippen LogP contribution in [0.2, 0.25) is 0 Å². The first-order chi connectivity index (χ1) is 19.0. The molecule has 1 N–H and O–H groups in total. The number of benzene rings is 3. The van der Waals surface area contributed by atoms with Crippen LogP contribution in [0.5, 0.6) is 5.75 Å². The summed E-state index contributed by atoms with van der Waals surface area (Å²) in [7, 11) is 0. The highest BCUT2D eigenvalue weighted by molar-refractivity contribution is 6.46. The molecule has 0 saturated carbocycles. The predicted octanol–water partition coefficient (Wildman–Crippen LogP) is 5.98. The molecule has 1 aliphatic heterocycles. The van der Waals surface area contributed by atoms with Crippen LogP contribution in [-0.4, -0.2) is 52.8 Å². The number of aryl methyl sites for hydroxylation is 1. The zero-order valence-electron chi connectivity index (χ0n) is 23.1. The number of nitrogens with zero attached hydrogens (tertiary/aromatic N) is 2. The van der Waals surface area contributed by atoms with E-state index in [0.717, 1.165) is 43.6 Å². The maximum atomic E-state index is 13.3. The molecule has 0 spiro atoms. The molecule has 204 valence electrons. The van der Waals surface area contributed by atoms with Crippen molar-refractivity contribution in [2.75, 3.05) is 26.2 Å². The minimum absolute atomic E-state index is 0.130. The smallest absolute Gasteiger partial charge is 0.295 e. The fourth-order valence-electron chi connectivity index (χ4n) is 5.00. The second kappa shape index (κ2) is 13.3. The highest BCUT2D eigenvalue weighted by atomic mass is 16.5. The lowest BCUT2D eigenvalue weighted by molar-refractivity contribution is -0.140. The fraction of sp³-hybridized carbons (Fsp3) is 0.333. The molecule has 1 heterocycles. The quantitative estimate of drug-likeness (QED) is 0.179. The summed E-state index contributed by atoms with van der Waals surface area (Å²) in [5.41, 5.74) is 3.64. The number of Topliss-reactive ketones (excluding diaryl/α,β-unsaturated/α-hetero) is 1. The number of rotatable bonds is 12. The van der Waals surface area contributed by atoms with Gasteiger partial charge in [-0.25, -0.2) is 0 Å². The average Bonchev–Trinajstić information content (AvgIpc) is 3.23. The number of aliphatic hydroxyl groups is 1. The molecule has 1 atom stereocenters. The van der Waals surface area contributed by atoms with Crippen molar-refractivity contribution in [3.05, 3.63) is 107 Å². The van der Waals surface area contributed by atoms with Crippen LogP contribution in [0.4, 0.5) is 0 Å². The highest BCUT2D eigenvalue weighted by Crippen LogP contribution is 2.39. The molecule has 3 aromatic rings. The number of hydrogen-bond donors (Lipinski definition) is 1. The van der Waals surface area contributed by atoms with Crippen LogP contribution in [-0.2, 0) is 22.6 Å². The second-order valence-corrected chi connectivity index (χ2v) is 9.77. The highest BCUT2D eigenvalue weighted by Gasteiger charge is 2.45. The van der Waals surface area contributed by atoms with Gasteiger partial charge in [-0.1, -0.05) is 75.4 Å². The van der Waals surface area contributed by atoms with Crippen LogP contribution in [0.25, 0.3) is 5.76 Å². The normalized spacial score (nSPS) is 16.7. The fourth-order valence-corrected chi connectivity index (χ4v) is 5.00. The van der Waals surface area contributed by atoms with Gasteiger partial charge in [0.05, 0.1) is 11.6 Å². The van der Waals surface area contributed by atoms with Crippen LogP contribution in [0, 0.1) is 0 Å². The maximum Gasteiger partial charge on any atom is 0.295 e. The van der Waals surface area contributed by atoms with Crippen LogP contribution in [0.3, 0.4) is 0 Å². The largest absolute Gasteiger partial charge is 0.507 e. The van der Waals surface area contributed by atoms with E-state index >= 15 is 0 Å². The lowest BCUT2D eigenvalue weighted by Gasteiger charge is -2.27. The molecule has 4 rings (SSSR count). The Morgan fingerprint density at radius 1 is 0.872 bits per heavy atom. The summed E-state index contributed by atoms with van der Waals surface area (Å²) in [6, 6.07) is 24.2. The molecule has 1 amide bonds. The average molecular weight is 527 g/mol. The molecular weight excluding hydrogens is 488 g/mol. The number of ketones is 1. The van der Waals surface area contributed by atoms with Crippen LogP contribution < -0.4 is 4.74 Å². The Morgan fingerprint density at radius 2 is 1.54 bits per heavy atom. The third-order valence-corrected chi connectivity index (χ3v) is 7.39. The second-order valence-electron chi connectivity index (χ2n) is 9.77. The van der Waals surface area contributed by atoms with E-state index in [0.29, 0.717) is 24.5 Å². The number of hydrogen-bond acceptors (Lipinski definition) is 5. The molecule has 0 radical (unpaired) electrons. The zero-order valence-corrected chi connectivity index (χ0v) is 23.1. The standard InChI is InChI=1S/C33H38N2O4/c1-4-24-13-15-26(16-14-24)30-29(32(37)33(38)35(30)22-10-21-34(5-2)6-3)31(36)27-17-19-28(20-18-27)39-23-25-11-8-7-9-12-25/h7-9,11-20,30,36H,4-6,10,21-23H2,1-3H3/b31-29-. The summed E-state index contributed by atoms with van der Waals surface area (Å²) in [6.07, 6.45) is 1.63. The molecule has 1 unspecified atom stereocenters. The molecule has 39 heavy (non-hydrogen) atoms. The Morgan fingerprint density at radius 3 is 2.15 bits per heavy atom. The topological polar surface area (TPSA) is 70.1 Å². The Hall–Kier alpha value is -3.90. The molecule has 6 nitrogen and oxygen atoms in total. The molecule has 6 heteroatoms. The van der Waals surface area contributed by atoms with Gasteiger partial charge in [-0.05, 0) is 73.4 Å². The van der Waals surface area contributed by atoms with Crippen molar-refractivity contribution in [3.63, 3.8) is 0 Å². The third kappa shape index (κ3) is 6.58. The SMILES string of the molecule is CCc1ccc(C2/C(=C(/O)c3ccc(OCc4ccccc4)cc3)C(=O)C(=O)N2CCCN(CC)CC)cc1. The minimum Gasteiger partial charge on any atom is -0.507 e. The monoisotopic (exact) mass is 526 g/mol. The van der Waals surface area contributed by atoms with Crippen molar-refractivity contribution in [1.82, 2.24) is 9.80 Å². The molecular formula is C33H38N2O4. The van der Waals surface area contributed by atoms with E-state index in [1.165, 1.54) is 5.56 Å². The van der Waals surface area contributed by atoms with Crippen molar-refractivity contribution < 1.29 is 19.4 Å². The molecule has 0 bridgehead atoms. The van der Waals surface area contributed by atoms with Gasteiger partial charge in [-0.2, -0.15) is 0 Å². The van der Waals surface area contributed by atoms with E-state index < -0.39 is 17.7 Å². The summed E-state index contributed by atoms with van der Waals surface area (Å²) in [5.74, 6) is -0.731. The molecule has 3 aromatic carbocycles. The van der Waals surface area contributed by atoms with Crippen molar-refractivity contribution in [1.29, 1.82) is 0 Å². The van der Waals surface area contributed by atoms with Gasteiger partial charge in [0, 0.05) is 12.1 Å². The first-order valence-corrected chi connectivity index (χ1v) is 13.8. The summed E-state index contributed by atoms with van der Waals surface area (Å²) in [6.45, 7) is 9.88. The Balaban J connectivity index is 1.62. The Kier molecular flexibility index (Phi) is 9.55. The number of likely N-dealkylation sites (tertiary alicyclic amines) is 1. The molecule has 0 aliphatic carbocycles. The molecule has 1 saturated heterocycles. The van der Waals surface area contributed by atoms with E-state index in [4.69, 9.17) is 4.74 Å². The van der Waals surface area contributed by atoms with Gasteiger partial charge < -0.3 is 19.6 Å². The van der Waals surface area contributed by atoms with E-state index in [1.807, 2.05) is 54.6 Å². The predicted molar refractivity (Wildman–Crippen MR) is 154 cm³/mol. The summed E-state index contributed by atoms with van der Waals surface area (Å²) < 4.78 is 5.87. The van der Waals surface area contributed by atoms with Gasteiger partial charge in [0.2, 0.25) is 0 Å². The third-order valence-electron chi connectivity index (χ3n) is 7.39. The van der Waals surface area contributed by atoms with Gasteiger partial charge >= 0.3 is 0 Å². The van der Waals surface area contributed by atoms with E-state index in [2.05, 4.69) is 25.7 Å². The maximum absolute atomic E-state index is 13.3. The number of aliphatic hydroxyl groups excluding tert-OH is 1. The lowest BCUT2D eigenvalue weighted by atomic mass is 9.94. The van der Waals surface area contributed by atoms with Crippen LogP contribution >= 0.6 is 0 Å². The van der Waals surface area contributed by atoms with E-state index in [-0.39, 0.29) is 11.3 Å². The van der Waals surface area contributed by atoms with E-state index in [9.17, 15) is 14.7 Å². The first-order valence-electron chi connectivity index (χ1n) is 13.8. The molecule has 0 aromatic heterocycles. The number of carbonyl (C=O) groups is 2. The van der Waals surface area contributed by atoms with Crippen LogP contribution in [0.15, 0.2) is 84.4 Å². The summed E-state index contributed by atoms with van der Waals surface area (Å²) >= 11 is 0. The van der Waals surface area contributed by atoms with Gasteiger partial charge in [0.1, 0.15) is 18.1 Å². The van der Waals surface area contributed by atoms with E-state index in [1.54, 1.807) is 29.2 Å². The van der Waals surface area contributed by atoms with Crippen molar-refractivity contribution in [3.8, 4) is 5.75 Å². The van der Waals surface area contributed by atoms with Gasteiger partial charge in [0.15, 0.2) is 0 Å². The van der Waals surface area contributed by atoms with Crippen molar-refractivity contribution >= 4 is 17.4 Å². The number of carbonyl (C=O) groups excluding carboxylic acids is 2. The summed E-state index contributed by atoms with van der Waals surface area (Å²) in [4.78, 5) is 30.5. The minimum atomic E-state index is -0.649. The molecule has 1 aliphatic rings. The molecule has 1 fully saturated rings. The Bertz CT molecular complexity index is 1280. The lowest BCUT2D eigenvalue weighted by Crippen LogP contribution is -2.33. The van der Waals surface area contributed by atoms with Crippen molar-refractivity contribution in [2.45, 2.75) is 46.3 Å². The van der Waals surface area contributed by atoms with Gasteiger partial charge in [0.25, 0.3) is 11.7 Å². The number of amides is 1. The van der Waals surface area contributed by atoms with Gasteiger partial charge in [-0.3, -0.25) is 9.59 Å². The first kappa shape index (κ1) is 28.1. The number of ether oxygens (including phenoxy) is 1. The Labute approximate surface area is 231 Å². The summed E-state index contributed by atoms with van der Waals surface area (Å²) in [5, 5.41) is 11.4.